The second-order valence-electron chi connectivity index (χ2n) is 6.09. The first-order valence-electron chi connectivity index (χ1n) is 8.24. The molecular formula is C17H18ClF3N4O3. The minimum Gasteiger partial charge on any atom is -0.475 e. The van der Waals surface area contributed by atoms with Gasteiger partial charge >= 0.3 is 18.2 Å². The number of urea groups is 1. The van der Waals surface area contributed by atoms with Gasteiger partial charge in [0.05, 0.1) is 5.52 Å². The van der Waals surface area contributed by atoms with Gasteiger partial charge in [-0.15, -0.1) is 0 Å². The predicted octanol–water partition coefficient (Wildman–Crippen LogP) is 3.48. The van der Waals surface area contributed by atoms with Crippen molar-refractivity contribution >= 4 is 40.3 Å². The van der Waals surface area contributed by atoms with Crippen molar-refractivity contribution in [1.82, 2.24) is 9.88 Å². The number of likely N-dealkylation sites (tertiary alicyclic amines) is 1. The van der Waals surface area contributed by atoms with Crippen molar-refractivity contribution in [2.24, 2.45) is 5.73 Å². The molecule has 1 aromatic carbocycles. The molecule has 1 aromatic heterocycles. The monoisotopic (exact) mass is 418 g/mol. The number of nitrogens with zero attached hydrogens (tertiary/aromatic N) is 2. The third-order valence-corrected chi connectivity index (χ3v) is 4.19. The minimum absolute atomic E-state index is 0.122. The number of rotatable bonds is 1. The molecule has 0 unspecified atom stereocenters. The lowest BCUT2D eigenvalue weighted by atomic mass is 10.1. The molecule has 28 heavy (non-hydrogen) atoms. The number of benzene rings is 1. The van der Waals surface area contributed by atoms with Crippen molar-refractivity contribution in [3.8, 4) is 0 Å². The quantitative estimate of drug-likeness (QED) is 0.657. The Morgan fingerprint density at radius 1 is 1.21 bits per heavy atom. The van der Waals surface area contributed by atoms with E-state index in [-0.39, 0.29) is 12.1 Å². The zero-order valence-corrected chi connectivity index (χ0v) is 15.3. The summed E-state index contributed by atoms with van der Waals surface area (Å²) in [5.74, 6) is -2.21. The summed E-state index contributed by atoms with van der Waals surface area (Å²) in [4.78, 5) is 27.3. The molecule has 2 heterocycles. The van der Waals surface area contributed by atoms with E-state index in [4.69, 9.17) is 27.2 Å². The molecule has 1 fully saturated rings. The molecule has 11 heteroatoms. The zero-order chi connectivity index (χ0) is 20.9. The topological polar surface area (TPSA) is 109 Å². The first-order valence-corrected chi connectivity index (χ1v) is 8.62. The summed E-state index contributed by atoms with van der Waals surface area (Å²) in [6, 6.07) is 9.24. The first-order chi connectivity index (χ1) is 13.1. The Balaban J connectivity index is 0.000000345. The van der Waals surface area contributed by atoms with Crippen molar-refractivity contribution in [1.29, 1.82) is 0 Å². The van der Waals surface area contributed by atoms with E-state index < -0.39 is 12.1 Å². The molecule has 4 N–H and O–H groups in total. The number of carbonyl (C=O) groups excluding carboxylic acids is 1. The average molecular weight is 419 g/mol. The highest BCUT2D eigenvalue weighted by Gasteiger charge is 2.38. The molecule has 1 aliphatic rings. The number of nitrogens with one attached hydrogen (secondary N) is 1. The smallest absolute Gasteiger partial charge is 0.475 e. The molecule has 0 radical (unpaired) electrons. The van der Waals surface area contributed by atoms with Gasteiger partial charge in [0.15, 0.2) is 0 Å². The van der Waals surface area contributed by atoms with Crippen molar-refractivity contribution in [3.63, 3.8) is 0 Å². The highest BCUT2D eigenvalue weighted by molar-refractivity contribution is 6.31. The van der Waals surface area contributed by atoms with Gasteiger partial charge in [-0.05, 0) is 43.2 Å². The number of alkyl halides is 3. The lowest BCUT2D eigenvalue weighted by Gasteiger charge is -2.30. The number of nitrogens with two attached hydrogens (primary N) is 1. The predicted molar refractivity (Wildman–Crippen MR) is 98.2 cm³/mol. The lowest BCUT2D eigenvalue weighted by molar-refractivity contribution is -0.192. The third-order valence-electron chi connectivity index (χ3n) is 3.96. The molecule has 7 nitrogen and oxygen atoms in total. The summed E-state index contributed by atoms with van der Waals surface area (Å²) < 4.78 is 31.7. The maximum atomic E-state index is 12.2. The number of anilines is 1. The summed E-state index contributed by atoms with van der Waals surface area (Å²) in [6.07, 6.45) is -3.39. The number of hydrogen-bond donors (Lipinski definition) is 3. The molecule has 0 atom stereocenters. The van der Waals surface area contributed by atoms with Crippen LogP contribution in [-0.2, 0) is 4.79 Å². The summed E-state index contributed by atoms with van der Waals surface area (Å²) in [5.41, 5.74) is 6.65. The molecule has 1 saturated heterocycles. The van der Waals surface area contributed by atoms with E-state index >= 15 is 0 Å². The van der Waals surface area contributed by atoms with E-state index in [0.29, 0.717) is 23.9 Å². The number of halogens is 4. The SMILES string of the molecule is NC1CCN(C(=O)Nc2ccc3cc(Cl)ccc3n2)CC1.O=C(O)C(F)(F)F. The van der Waals surface area contributed by atoms with Gasteiger partial charge in [0.2, 0.25) is 0 Å². The second kappa shape index (κ2) is 9.07. The van der Waals surface area contributed by atoms with Gasteiger partial charge in [-0.25, -0.2) is 14.6 Å². The molecule has 0 spiro atoms. The number of piperidine rings is 1. The maximum Gasteiger partial charge on any atom is 0.490 e. The van der Waals surface area contributed by atoms with Crippen LogP contribution < -0.4 is 11.1 Å². The summed E-state index contributed by atoms with van der Waals surface area (Å²) in [5, 5.41) is 11.6. The van der Waals surface area contributed by atoms with Gasteiger partial charge < -0.3 is 15.7 Å². The average Bonchev–Trinajstić information content (AvgIpc) is 2.62. The summed E-state index contributed by atoms with van der Waals surface area (Å²) in [6.45, 7) is 1.38. The molecule has 0 saturated carbocycles. The Hall–Kier alpha value is -2.59. The molecule has 2 amide bonds. The van der Waals surface area contributed by atoms with E-state index in [2.05, 4.69) is 10.3 Å². The van der Waals surface area contributed by atoms with E-state index in [1.165, 1.54) is 0 Å². The summed E-state index contributed by atoms with van der Waals surface area (Å²) >= 11 is 5.94. The number of carbonyl (C=O) groups is 2. The Morgan fingerprint density at radius 2 is 1.82 bits per heavy atom. The van der Waals surface area contributed by atoms with Crippen LogP contribution in [0.1, 0.15) is 12.8 Å². The molecule has 1 aliphatic heterocycles. The molecule has 3 rings (SSSR count). The maximum absolute atomic E-state index is 12.2. The first kappa shape index (κ1) is 21.7. The normalized spacial score (nSPS) is 15.0. The molecule has 0 bridgehead atoms. The highest BCUT2D eigenvalue weighted by Crippen LogP contribution is 2.20. The standard InChI is InChI=1S/C15H17ClN4O.C2HF3O2/c16-11-2-3-13-10(9-11)1-4-14(18-13)19-15(21)20-7-5-12(17)6-8-20;3-2(4,5)1(6)7/h1-4,9,12H,5-8,17H2,(H,18,19,21);(H,6,7). The fraction of sp³-hybridized carbons (Fsp3) is 0.353. The fourth-order valence-corrected chi connectivity index (χ4v) is 2.64. The highest BCUT2D eigenvalue weighted by atomic mass is 35.5. The Kier molecular flexibility index (Phi) is 7.03. The van der Waals surface area contributed by atoms with Gasteiger partial charge in [0.1, 0.15) is 5.82 Å². The second-order valence-corrected chi connectivity index (χ2v) is 6.53. The number of pyridine rings is 1. The van der Waals surface area contributed by atoms with Gasteiger partial charge in [-0.2, -0.15) is 13.2 Å². The number of hydrogen-bond acceptors (Lipinski definition) is 4. The van der Waals surface area contributed by atoms with Crippen molar-refractivity contribution < 1.29 is 27.9 Å². The van der Waals surface area contributed by atoms with E-state index in [1.54, 1.807) is 17.0 Å². The number of amides is 2. The van der Waals surface area contributed by atoms with E-state index in [1.807, 2.05) is 18.2 Å². The van der Waals surface area contributed by atoms with Crippen LogP contribution in [0.25, 0.3) is 10.9 Å². The van der Waals surface area contributed by atoms with Gasteiger partial charge in [0, 0.05) is 29.5 Å². The Bertz CT molecular complexity index is 855. The number of aromatic nitrogens is 1. The van der Waals surface area contributed by atoms with Crippen LogP contribution >= 0.6 is 11.6 Å². The largest absolute Gasteiger partial charge is 0.490 e. The van der Waals surface area contributed by atoms with Crippen LogP contribution in [0.3, 0.4) is 0 Å². The lowest BCUT2D eigenvalue weighted by Crippen LogP contribution is -2.44. The summed E-state index contributed by atoms with van der Waals surface area (Å²) in [7, 11) is 0. The van der Waals surface area contributed by atoms with E-state index in [0.717, 1.165) is 23.7 Å². The van der Waals surface area contributed by atoms with Crippen LogP contribution in [0.5, 0.6) is 0 Å². The van der Waals surface area contributed by atoms with Crippen LogP contribution in [0.15, 0.2) is 30.3 Å². The number of fused-ring (bicyclic) bond motifs is 1. The van der Waals surface area contributed by atoms with Gasteiger partial charge in [0.25, 0.3) is 0 Å². The van der Waals surface area contributed by atoms with Crippen molar-refractivity contribution in [2.75, 3.05) is 18.4 Å². The number of aliphatic carboxylic acids is 1. The molecular weight excluding hydrogens is 401 g/mol. The minimum atomic E-state index is -5.08. The van der Waals surface area contributed by atoms with Crippen LogP contribution in [0, 0.1) is 0 Å². The molecule has 152 valence electrons. The molecule has 0 aliphatic carbocycles. The van der Waals surface area contributed by atoms with Gasteiger partial charge in [-0.3, -0.25) is 5.32 Å². The number of carboxylic acids is 1. The van der Waals surface area contributed by atoms with Gasteiger partial charge in [-0.1, -0.05) is 11.6 Å². The Labute approximate surface area is 163 Å². The van der Waals surface area contributed by atoms with Crippen LogP contribution in [0.4, 0.5) is 23.8 Å². The third kappa shape index (κ3) is 6.24. The van der Waals surface area contributed by atoms with Crippen molar-refractivity contribution in [3.05, 3.63) is 35.4 Å². The molecule has 2 aromatic rings. The van der Waals surface area contributed by atoms with Crippen LogP contribution in [0.2, 0.25) is 5.02 Å². The van der Waals surface area contributed by atoms with E-state index in [9.17, 15) is 18.0 Å². The Morgan fingerprint density at radius 3 is 2.39 bits per heavy atom. The van der Waals surface area contributed by atoms with Crippen LogP contribution in [-0.4, -0.2) is 52.3 Å². The number of carboxylic acid groups (broad SMARTS) is 1. The fourth-order valence-electron chi connectivity index (χ4n) is 2.46. The zero-order valence-electron chi connectivity index (χ0n) is 14.5. The van der Waals surface area contributed by atoms with Crippen molar-refractivity contribution in [2.45, 2.75) is 25.1 Å².